The fourth-order valence-corrected chi connectivity index (χ4v) is 2.20. The molecule has 0 saturated heterocycles. The van der Waals surface area contributed by atoms with E-state index < -0.39 is 0 Å². The largest absolute Gasteiger partial charge is 0.506 e. The van der Waals surface area contributed by atoms with Crippen molar-refractivity contribution < 1.29 is 15.0 Å². The van der Waals surface area contributed by atoms with Gasteiger partial charge in [0.05, 0.1) is 0 Å². The molecule has 0 saturated carbocycles. The molecule has 0 heterocycles. The standard InChI is InChI=1S/C18H21NO3/c1-11-5-7-12(8-6-11)17(22)19-15-14(20)10-9-13(16(15)21)18(2,3)4/h5-10,20-21H,1-4H3,(H,19,22). The van der Waals surface area contributed by atoms with Gasteiger partial charge in [-0.3, -0.25) is 4.79 Å². The number of phenols is 2. The zero-order valence-electron chi connectivity index (χ0n) is 13.3. The second-order valence-electron chi connectivity index (χ2n) is 6.43. The molecule has 0 aliphatic carbocycles. The Morgan fingerprint density at radius 3 is 2.14 bits per heavy atom. The van der Waals surface area contributed by atoms with Crippen molar-refractivity contribution in [1.82, 2.24) is 0 Å². The summed E-state index contributed by atoms with van der Waals surface area (Å²) in [6.45, 7) is 7.78. The number of amides is 1. The van der Waals surface area contributed by atoms with Gasteiger partial charge >= 0.3 is 0 Å². The number of rotatable bonds is 2. The van der Waals surface area contributed by atoms with Gasteiger partial charge in [0.25, 0.3) is 5.91 Å². The minimum absolute atomic E-state index is 0.0398. The molecule has 22 heavy (non-hydrogen) atoms. The molecular weight excluding hydrogens is 278 g/mol. The van der Waals surface area contributed by atoms with E-state index in [-0.39, 0.29) is 28.5 Å². The molecule has 0 aromatic heterocycles. The number of phenolic OH excluding ortho intramolecular Hbond substituents is 2. The Morgan fingerprint density at radius 1 is 1.00 bits per heavy atom. The SMILES string of the molecule is Cc1ccc(C(=O)Nc2c(O)ccc(C(C)(C)C)c2O)cc1. The number of benzene rings is 2. The number of aromatic hydroxyl groups is 2. The summed E-state index contributed by atoms with van der Waals surface area (Å²) in [6, 6.07) is 10.2. The summed E-state index contributed by atoms with van der Waals surface area (Å²) in [4.78, 5) is 12.3. The molecule has 1 amide bonds. The normalized spacial score (nSPS) is 11.3. The van der Waals surface area contributed by atoms with Gasteiger partial charge in [0.15, 0.2) is 0 Å². The molecular formula is C18H21NO3. The third-order valence-corrected chi connectivity index (χ3v) is 3.52. The van der Waals surface area contributed by atoms with Gasteiger partial charge in [-0.05, 0) is 30.5 Å². The summed E-state index contributed by atoms with van der Waals surface area (Å²) in [6.07, 6.45) is 0. The quantitative estimate of drug-likeness (QED) is 0.735. The maximum absolute atomic E-state index is 12.3. The van der Waals surface area contributed by atoms with Gasteiger partial charge in [-0.1, -0.05) is 44.5 Å². The van der Waals surface area contributed by atoms with Crippen LogP contribution in [0.4, 0.5) is 5.69 Å². The highest BCUT2D eigenvalue weighted by molar-refractivity contribution is 6.06. The lowest BCUT2D eigenvalue weighted by Gasteiger charge is -2.22. The topological polar surface area (TPSA) is 69.6 Å². The Hall–Kier alpha value is -2.49. The Bertz CT molecular complexity index is 698. The summed E-state index contributed by atoms with van der Waals surface area (Å²) in [5.41, 5.74) is 1.91. The zero-order chi connectivity index (χ0) is 16.5. The molecule has 0 aliphatic heterocycles. The number of carbonyl (C=O) groups excluding carboxylic acids is 1. The minimum atomic E-state index is -0.378. The second-order valence-corrected chi connectivity index (χ2v) is 6.43. The van der Waals surface area contributed by atoms with Gasteiger partial charge in [0.1, 0.15) is 17.2 Å². The van der Waals surface area contributed by atoms with E-state index in [1.54, 1.807) is 18.2 Å². The number of aryl methyl sites for hydroxylation is 1. The lowest BCUT2D eigenvalue weighted by Crippen LogP contribution is -2.15. The number of nitrogens with one attached hydrogen (secondary N) is 1. The monoisotopic (exact) mass is 299 g/mol. The second kappa shape index (κ2) is 5.72. The van der Waals surface area contributed by atoms with Crippen molar-refractivity contribution in [2.75, 3.05) is 5.32 Å². The fraction of sp³-hybridized carbons (Fsp3) is 0.278. The first kappa shape index (κ1) is 15.9. The highest BCUT2D eigenvalue weighted by Gasteiger charge is 2.23. The molecule has 0 aliphatic rings. The van der Waals surface area contributed by atoms with Crippen molar-refractivity contribution in [3.63, 3.8) is 0 Å². The van der Waals surface area contributed by atoms with E-state index in [9.17, 15) is 15.0 Å². The molecule has 2 aromatic rings. The van der Waals surface area contributed by atoms with E-state index in [0.29, 0.717) is 11.1 Å². The van der Waals surface area contributed by atoms with Crippen LogP contribution in [0.25, 0.3) is 0 Å². The molecule has 2 aromatic carbocycles. The summed E-state index contributed by atoms with van der Waals surface area (Å²) < 4.78 is 0. The fourth-order valence-electron chi connectivity index (χ4n) is 2.20. The number of hydrogen-bond acceptors (Lipinski definition) is 3. The molecule has 3 N–H and O–H groups in total. The molecule has 0 bridgehead atoms. The molecule has 4 heteroatoms. The number of carbonyl (C=O) groups is 1. The van der Waals surface area contributed by atoms with Crippen LogP contribution in [-0.4, -0.2) is 16.1 Å². The first-order valence-corrected chi connectivity index (χ1v) is 7.13. The Morgan fingerprint density at radius 2 is 1.59 bits per heavy atom. The summed E-state index contributed by atoms with van der Waals surface area (Å²) in [5.74, 6) is -0.643. The van der Waals surface area contributed by atoms with Gasteiger partial charge in [-0.15, -0.1) is 0 Å². The molecule has 0 atom stereocenters. The molecule has 116 valence electrons. The van der Waals surface area contributed by atoms with Crippen molar-refractivity contribution in [3.05, 3.63) is 53.1 Å². The molecule has 0 radical (unpaired) electrons. The van der Waals surface area contributed by atoms with Crippen molar-refractivity contribution in [2.24, 2.45) is 0 Å². The van der Waals surface area contributed by atoms with Gasteiger partial charge < -0.3 is 15.5 Å². The number of hydrogen-bond donors (Lipinski definition) is 3. The average molecular weight is 299 g/mol. The van der Waals surface area contributed by atoms with E-state index in [0.717, 1.165) is 5.56 Å². The first-order valence-electron chi connectivity index (χ1n) is 7.13. The van der Waals surface area contributed by atoms with Gasteiger partial charge in [-0.2, -0.15) is 0 Å². The van der Waals surface area contributed by atoms with E-state index in [1.807, 2.05) is 39.8 Å². The average Bonchev–Trinajstić information content (AvgIpc) is 2.42. The summed E-state index contributed by atoms with van der Waals surface area (Å²) in [7, 11) is 0. The van der Waals surface area contributed by atoms with E-state index in [1.165, 1.54) is 6.07 Å². The molecule has 2 rings (SSSR count). The minimum Gasteiger partial charge on any atom is -0.506 e. The first-order chi connectivity index (χ1) is 10.2. The van der Waals surface area contributed by atoms with Crippen molar-refractivity contribution >= 4 is 11.6 Å². The van der Waals surface area contributed by atoms with E-state index in [2.05, 4.69) is 5.32 Å². The zero-order valence-corrected chi connectivity index (χ0v) is 13.3. The van der Waals surface area contributed by atoms with Crippen LogP contribution in [0, 0.1) is 6.92 Å². The highest BCUT2D eigenvalue weighted by atomic mass is 16.3. The van der Waals surface area contributed by atoms with Crippen LogP contribution in [0.5, 0.6) is 11.5 Å². The third kappa shape index (κ3) is 3.22. The molecule has 0 spiro atoms. The van der Waals surface area contributed by atoms with Crippen LogP contribution in [0.3, 0.4) is 0 Å². The van der Waals surface area contributed by atoms with E-state index in [4.69, 9.17) is 0 Å². The molecule has 0 unspecified atom stereocenters. The smallest absolute Gasteiger partial charge is 0.255 e. The van der Waals surface area contributed by atoms with Crippen LogP contribution in [-0.2, 0) is 5.41 Å². The van der Waals surface area contributed by atoms with Crippen LogP contribution in [0.2, 0.25) is 0 Å². The van der Waals surface area contributed by atoms with Crippen molar-refractivity contribution in [1.29, 1.82) is 0 Å². The predicted octanol–water partition coefficient (Wildman–Crippen LogP) is 3.96. The maximum Gasteiger partial charge on any atom is 0.255 e. The van der Waals surface area contributed by atoms with Crippen LogP contribution in [0.15, 0.2) is 36.4 Å². The van der Waals surface area contributed by atoms with Crippen LogP contribution >= 0.6 is 0 Å². The van der Waals surface area contributed by atoms with Crippen molar-refractivity contribution in [3.8, 4) is 11.5 Å². The Kier molecular flexibility index (Phi) is 4.13. The predicted molar refractivity (Wildman–Crippen MR) is 87.6 cm³/mol. The third-order valence-electron chi connectivity index (χ3n) is 3.52. The van der Waals surface area contributed by atoms with Gasteiger partial charge in [-0.25, -0.2) is 0 Å². The summed E-state index contributed by atoms with van der Waals surface area (Å²) in [5, 5.41) is 22.9. The summed E-state index contributed by atoms with van der Waals surface area (Å²) >= 11 is 0. The van der Waals surface area contributed by atoms with Crippen LogP contribution < -0.4 is 5.32 Å². The van der Waals surface area contributed by atoms with E-state index >= 15 is 0 Å². The van der Waals surface area contributed by atoms with Gasteiger partial charge in [0.2, 0.25) is 0 Å². The highest BCUT2D eigenvalue weighted by Crippen LogP contribution is 2.41. The van der Waals surface area contributed by atoms with Gasteiger partial charge in [0, 0.05) is 11.1 Å². The Labute approximate surface area is 130 Å². The van der Waals surface area contributed by atoms with Crippen LogP contribution in [0.1, 0.15) is 42.3 Å². The maximum atomic E-state index is 12.3. The molecule has 4 nitrogen and oxygen atoms in total. The number of anilines is 1. The Balaban J connectivity index is 2.37. The van der Waals surface area contributed by atoms with Crippen molar-refractivity contribution in [2.45, 2.75) is 33.1 Å². The molecule has 0 fully saturated rings. The lowest BCUT2D eigenvalue weighted by atomic mass is 9.86. The lowest BCUT2D eigenvalue weighted by molar-refractivity contribution is 0.102.